The number of nitrogens with two attached hydrogens (primary N) is 1. The summed E-state index contributed by atoms with van der Waals surface area (Å²) in [6.45, 7) is 6.07. The summed E-state index contributed by atoms with van der Waals surface area (Å²) in [5.41, 5.74) is 2.09. The fourth-order valence-electron chi connectivity index (χ4n) is 1.84. The Hall–Kier alpha value is -1.44. The van der Waals surface area contributed by atoms with Gasteiger partial charge in [-0.2, -0.15) is 4.98 Å². The molecule has 6 nitrogen and oxygen atoms in total. The first-order valence-corrected chi connectivity index (χ1v) is 7.36. The lowest BCUT2D eigenvalue weighted by Crippen LogP contribution is -2.45. The molecule has 0 bridgehead atoms. The summed E-state index contributed by atoms with van der Waals surface area (Å²) in [5, 5.41) is 10.5. The number of thiophene rings is 1. The third kappa shape index (κ3) is 2.56. The highest BCUT2D eigenvalue weighted by atomic mass is 32.1. The molecule has 0 aliphatic heterocycles. The van der Waals surface area contributed by atoms with Crippen molar-refractivity contribution < 1.29 is 5.11 Å². The largest absolute Gasteiger partial charge is 0.394 e. The molecule has 2 aromatic heterocycles. The number of hydrogen-bond donors (Lipinski definition) is 3. The summed E-state index contributed by atoms with van der Waals surface area (Å²) in [5.74, 6) is 6.62. The standard InChI is InChI=1S/C13H21N5OS/c1-5-8-6-9-10(18(4)13(2,3)7-19)15-12(17-14)16-11(9)20-8/h6,19H,5,7,14H2,1-4H3,(H,15,16,17). The number of rotatable bonds is 5. The first-order chi connectivity index (χ1) is 9.42. The molecule has 0 radical (unpaired) electrons. The lowest BCUT2D eigenvalue weighted by molar-refractivity contribution is 0.216. The van der Waals surface area contributed by atoms with Crippen LogP contribution in [0.5, 0.6) is 0 Å². The molecule has 0 unspecified atom stereocenters. The van der Waals surface area contributed by atoms with Crippen LogP contribution in [0.1, 0.15) is 25.6 Å². The molecule has 0 atom stereocenters. The zero-order valence-electron chi connectivity index (χ0n) is 12.3. The number of aliphatic hydroxyl groups is 1. The van der Waals surface area contributed by atoms with E-state index in [2.05, 4.69) is 28.4 Å². The van der Waals surface area contributed by atoms with Crippen molar-refractivity contribution >= 4 is 33.3 Å². The number of hydrazine groups is 1. The first kappa shape index (κ1) is 15.0. The third-order valence-corrected chi connectivity index (χ3v) is 4.69. The Labute approximate surface area is 122 Å². The molecule has 0 saturated carbocycles. The van der Waals surface area contributed by atoms with Crippen LogP contribution >= 0.6 is 11.3 Å². The highest BCUT2D eigenvalue weighted by Crippen LogP contribution is 2.34. The topological polar surface area (TPSA) is 87.3 Å². The molecule has 0 aliphatic carbocycles. The maximum atomic E-state index is 9.55. The SMILES string of the molecule is CCc1cc2c(N(C)C(C)(C)CO)nc(NN)nc2s1. The van der Waals surface area contributed by atoms with Crippen LogP contribution in [0.3, 0.4) is 0 Å². The van der Waals surface area contributed by atoms with E-state index in [9.17, 15) is 5.11 Å². The van der Waals surface area contributed by atoms with Gasteiger partial charge in [0.2, 0.25) is 5.95 Å². The highest BCUT2D eigenvalue weighted by molar-refractivity contribution is 7.18. The summed E-state index contributed by atoms with van der Waals surface area (Å²) in [7, 11) is 1.92. The van der Waals surface area contributed by atoms with E-state index in [-0.39, 0.29) is 6.61 Å². The minimum Gasteiger partial charge on any atom is -0.394 e. The van der Waals surface area contributed by atoms with Gasteiger partial charge in [0.05, 0.1) is 17.5 Å². The number of aromatic nitrogens is 2. The van der Waals surface area contributed by atoms with Crippen LogP contribution in [0.4, 0.5) is 11.8 Å². The van der Waals surface area contributed by atoms with Crippen molar-refractivity contribution in [3.05, 3.63) is 10.9 Å². The van der Waals surface area contributed by atoms with E-state index in [0.717, 1.165) is 22.5 Å². The molecular formula is C13H21N5OS. The molecule has 0 aliphatic rings. The average Bonchev–Trinajstić information content (AvgIpc) is 2.88. The highest BCUT2D eigenvalue weighted by Gasteiger charge is 2.26. The number of nitrogen functional groups attached to an aromatic ring is 1. The Morgan fingerprint density at radius 1 is 1.45 bits per heavy atom. The van der Waals surface area contributed by atoms with Gasteiger partial charge in [-0.05, 0) is 26.3 Å². The first-order valence-electron chi connectivity index (χ1n) is 6.54. The quantitative estimate of drug-likeness (QED) is 0.575. The molecule has 0 fully saturated rings. The van der Waals surface area contributed by atoms with Gasteiger partial charge in [0, 0.05) is 11.9 Å². The lowest BCUT2D eigenvalue weighted by atomic mass is 10.0. The van der Waals surface area contributed by atoms with E-state index in [4.69, 9.17) is 5.84 Å². The van der Waals surface area contributed by atoms with Gasteiger partial charge in [-0.1, -0.05) is 6.92 Å². The van der Waals surface area contributed by atoms with Crippen LogP contribution in [0.15, 0.2) is 6.07 Å². The third-order valence-electron chi connectivity index (χ3n) is 3.51. The van der Waals surface area contributed by atoms with Gasteiger partial charge in [0.25, 0.3) is 0 Å². The molecule has 2 rings (SSSR count). The van der Waals surface area contributed by atoms with Gasteiger partial charge in [0.1, 0.15) is 10.6 Å². The van der Waals surface area contributed by atoms with Crippen LogP contribution in [0, 0.1) is 0 Å². The number of likely N-dealkylation sites (N-methyl/N-ethyl adjacent to an activating group) is 1. The second-order valence-electron chi connectivity index (χ2n) is 5.33. The average molecular weight is 295 g/mol. The van der Waals surface area contributed by atoms with Crippen molar-refractivity contribution in [2.24, 2.45) is 5.84 Å². The minimum atomic E-state index is -0.415. The van der Waals surface area contributed by atoms with Crippen LogP contribution < -0.4 is 16.2 Å². The molecule has 7 heteroatoms. The van der Waals surface area contributed by atoms with Crippen LogP contribution in [0.25, 0.3) is 10.2 Å². The summed E-state index contributed by atoms with van der Waals surface area (Å²) >= 11 is 1.64. The monoisotopic (exact) mass is 295 g/mol. The van der Waals surface area contributed by atoms with Gasteiger partial charge in [-0.3, -0.25) is 5.43 Å². The fourth-order valence-corrected chi connectivity index (χ4v) is 2.81. The second-order valence-corrected chi connectivity index (χ2v) is 6.45. The van der Waals surface area contributed by atoms with E-state index < -0.39 is 5.54 Å². The van der Waals surface area contributed by atoms with E-state index in [0.29, 0.717) is 5.95 Å². The molecule has 2 aromatic rings. The molecule has 110 valence electrons. The van der Waals surface area contributed by atoms with Gasteiger partial charge >= 0.3 is 0 Å². The van der Waals surface area contributed by atoms with Gasteiger partial charge in [-0.15, -0.1) is 11.3 Å². The number of aryl methyl sites for hydroxylation is 1. The number of nitrogens with one attached hydrogen (secondary N) is 1. The fraction of sp³-hybridized carbons (Fsp3) is 0.538. The van der Waals surface area contributed by atoms with Crippen molar-refractivity contribution in [1.82, 2.24) is 9.97 Å². The van der Waals surface area contributed by atoms with Crippen molar-refractivity contribution in [3.8, 4) is 0 Å². The molecule has 4 N–H and O–H groups in total. The normalized spacial score (nSPS) is 11.9. The van der Waals surface area contributed by atoms with Gasteiger partial charge < -0.3 is 10.0 Å². The Morgan fingerprint density at radius 3 is 2.70 bits per heavy atom. The smallest absolute Gasteiger partial charge is 0.240 e. The maximum Gasteiger partial charge on any atom is 0.240 e. The van der Waals surface area contributed by atoms with E-state index in [1.165, 1.54) is 4.88 Å². The number of aliphatic hydroxyl groups excluding tert-OH is 1. The minimum absolute atomic E-state index is 0.0329. The second kappa shape index (κ2) is 5.51. The molecule has 0 amide bonds. The molecule has 0 spiro atoms. The zero-order valence-corrected chi connectivity index (χ0v) is 13.1. The van der Waals surface area contributed by atoms with Crippen LogP contribution in [0.2, 0.25) is 0 Å². The number of hydrogen-bond acceptors (Lipinski definition) is 7. The van der Waals surface area contributed by atoms with Crippen LogP contribution in [-0.4, -0.2) is 34.3 Å². The van der Waals surface area contributed by atoms with Crippen molar-refractivity contribution in [2.75, 3.05) is 24.0 Å². The maximum absolute atomic E-state index is 9.55. The predicted octanol–water partition coefficient (Wildman–Crippen LogP) is 1.75. The molecule has 2 heterocycles. The summed E-state index contributed by atoms with van der Waals surface area (Å²) in [6, 6.07) is 2.11. The predicted molar refractivity (Wildman–Crippen MR) is 84.2 cm³/mol. The van der Waals surface area contributed by atoms with Crippen molar-refractivity contribution in [2.45, 2.75) is 32.7 Å². The van der Waals surface area contributed by atoms with Gasteiger partial charge in [0.15, 0.2) is 0 Å². The number of nitrogens with zero attached hydrogens (tertiary/aromatic N) is 3. The van der Waals surface area contributed by atoms with Crippen molar-refractivity contribution in [1.29, 1.82) is 0 Å². The van der Waals surface area contributed by atoms with Gasteiger partial charge in [-0.25, -0.2) is 10.8 Å². The number of fused-ring (bicyclic) bond motifs is 1. The van der Waals surface area contributed by atoms with Crippen LogP contribution in [-0.2, 0) is 6.42 Å². The Bertz CT molecular complexity index is 610. The van der Waals surface area contributed by atoms with E-state index in [1.807, 2.05) is 25.8 Å². The Morgan fingerprint density at radius 2 is 2.15 bits per heavy atom. The summed E-state index contributed by atoms with van der Waals surface area (Å²) in [6.07, 6.45) is 0.957. The Kier molecular flexibility index (Phi) is 4.12. The van der Waals surface area contributed by atoms with Crippen molar-refractivity contribution in [3.63, 3.8) is 0 Å². The van der Waals surface area contributed by atoms with E-state index in [1.54, 1.807) is 11.3 Å². The molecule has 0 saturated heterocycles. The lowest BCUT2D eigenvalue weighted by Gasteiger charge is -2.35. The van der Waals surface area contributed by atoms with E-state index >= 15 is 0 Å². The number of anilines is 2. The summed E-state index contributed by atoms with van der Waals surface area (Å²) in [4.78, 5) is 13.0. The molecule has 20 heavy (non-hydrogen) atoms. The summed E-state index contributed by atoms with van der Waals surface area (Å²) < 4.78 is 0. The molecular weight excluding hydrogens is 274 g/mol. The zero-order chi connectivity index (χ0) is 14.9. The Balaban J connectivity index is 2.63. The molecule has 0 aromatic carbocycles.